The molecule has 0 bridgehead atoms. The molecule has 2 aliphatic rings. The molecule has 2 amide bonds. The van der Waals surface area contributed by atoms with Gasteiger partial charge in [-0.05, 0) is 58.3 Å². The summed E-state index contributed by atoms with van der Waals surface area (Å²) in [4.78, 5) is 31.7. The van der Waals surface area contributed by atoms with E-state index in [4.69, 9.17) is 0 Å². The van der Waals surface area contributed by atoms with E-state index in [1.165, 1.54) is 12.8 Å². The second-order valence-electron chi connectivity index (χ2n) is 8.54. The van der Waals surface area contributed by atoms with Gasteiger partial charge in [0.2, 0.25) is 5.91 Å². The van der Waals surface area contributed by atoms with E-state index < -0.39 is 0 Å². The van der Waals surface area contributed by atoms with Crippen LogP contribution in [0.15, 0.2) is 5.38 Å². The molecule has 0 spiro atoms. The minimum absolute atomic E-state index is 0.0778. The van der Waals surface area contributed by atoms with Crippen LogP contribution in [0.4, 0.5) is 0 Å². The summed E-state index contributed by atoms with van der Waals surface area (Å²) in [6.45, 7) is 7.80. The zero-order valence-corrected chi connectivity index (χ0v) is 18.2. The molecule has 6 nitrogen and oxygen atoms in total. The van der Waals surface area contributed by atoms with Crippen molar-refractivity contribution >= 4 is 23.2 Å². The number of carbonyl (C=O) groups excluding carboxylic acids is 2. The van der Waals surface area contributed by atoms with Gasteiger partial charge in [-0.15, -0.1) is 11.3 Å². The van der Waals surface area contributed by atoms with Crippen molar-refractivity contribution in [2.24, 2.45) is 5.92 Å². The molecule has 2 fully saturated rings. The van der Waals surface area contributed by atoms with Gasteiger partial charge in [-0.25, -0.2) is 4.98 Å². The van der Waals surface area contributed by atoms with Crippen LogP contribution in [0.3, 0.4) is 0 Å². The molecule has 7 heteroatoms. The molecule has 2 N–H and O–H groups in total. The van der Waals surface area contributed by atoms with E-state index >= 15 is 0 Å². The van der Waals surface area contributed by atoms with Crippen molar-refractivity contribution < 1.29 is 9.59 Å². The van der Waals surface area contributed by atoms with Crippen molar-refractivity contribution in [1.82, 2.24) is 20.5 Å². The van der Waals surface area contributed by atoms with Crippen molar-refractivity contribution in [3.8, 4) is 0 Å². The Morgan fingerprint density at radius 2 is 2.00 bits per heavy atom. The highest BCUT2D eigenvalue weighted by atomic mass is 32.1. The van der Waals surface area contributed by atoms with Crippen LogP contribution in [0.25, 0.3) is 0 Å². The molecule has 2 heterocycles. The highest BCUT2D eigenvalue weighted by molar-refractivity contribution is 7.09. The van der Waals surface area contributed by atoms with Gasteiger partial charge in [0.05, 0.1) is 5.01 Å². The minimum Gasteiger partial charge on any atom is -0.354 e. The summed E-state index contributed by atoms with van der Waals surface area (Å²) < 4.78 is 0. The summed E-state index contributed by atoms with van der Waals surface area (Å²) in [7, 11) is 0. The fourth-order valence-electron chi connectivity index (χ4n) is 3.99. The van der Waals surface area contributed by atoms with E-state index in [0.29, 0.717) is 24.7 Å². The Bertz CT molecular complexity index is 671. The Balaban J connectivity index is 1.54. The van der Waals surface area contributed by atoms with Crippen molar-refractivity contribution in [3.05, 3.63) is 16.1 Å². The zero-order valence-electron chi connectivity index (χ0n) is 17.4. The number of nitrogens with one attached hydrogen (secondary N) is 2. The number of thiazole rings is 1. The lowest BCUT2D eigenvalue weighted by atomic mass is 10.1. The molecule has 1 aliphatic heterocycles. The number of hydrogen-bond acceptors (Lipinski definition) is 5. The maximum atomic E-state index is 12.5. The van der Waals surface area contributed by atoms with Crippen molar-refractivity contribution in [2.45, 2.75) is 83.8 Å². The van der Waals surface area contributed by atoms with Crippen LogP contribution in [0.2, 0.25) is 0 Å². The number of amides is 2. The second-order valence-corrected chi connectivity index (χ2v) is 9.48. The number of rotatable bonds is 10. The van der Waals surface area contributed by atoms with Crippen LogP contribution in [0.5, 0.6) is 0 Å². The normalized spacial score (nSPS) is 22.6. The molecule has 0 unspecified atom stereocenters. The van der Waals surface area contributed by atoms with Gasteiger partial charge in [0.15, 0.2) is 0 Å². The Hall–Kier alpha value is -1.47. The molecular formula is C21H34N4O2S. The summed E-state index contributed by atoms with van der Waals surface area (Å²) in [5, 5.41) is 8.99. The molecule has 156 valence electrons. The van der Waals surface area contributed by atoms with Crippen LogP contribution < -0.4 is 10.6 Å². The first-order chi connectivity index (χ1) is 13.5. The summed E-state index contributed by atoms with van der Waals surface area (Å²) in [5.74, 6) is 0.824. The number of aromatic nitrogens is 1. The largest absolute Gasteiger partial charge is 0.354 e. The zero-order chi connectivity index (χ0) is 20.1. The number of aryl methyl sites for hydroxylation is 1. The summed E-state index contributed by atoms with van der Waals surface area (Å²) in [6, 6.07) is 0.781. The molecular weight excluding hydrogens is 372 g/mol. The molecule has 3 rings (SSSR count). The Morgan fingerprint density at radius 1 is 1.25 bits per heavy atom. The third-order valence-electron chi connectivity index (χ3n) is 5.55. The van der Waals surface area contributed by atoms with Crippen LogP contribution in [0, 0.1) is 5.92 Å². The van der Waals surface area contributed by atoms with Gasteiger partial charge in [0.25, 0.3) is 5.91 Å². The number of carbonyl (C=O) groups is 2. The van der Waals surface area contributed by atoms with E-state index in [0.717, 1.165) is 43.2 Å². The second kappa shape index (κ2) is 9.83. The maximum absolute atomic E-state index is 12.5. The molecule has 1 aromatic heterocycles. The quantitative estimate of drug-likeness (QED) is 0.626. The Labute approximate surface area is 172 Å². The lowest BCUT2D eigenvalue weighted by Crippen LogP contribution is -2.46. The average Bonchev–Trinajstić information content (AvgIpc) is 3.20. The monoisotopic (exact) mass is 406 g/mol. The SMILES string of the molecule is CCCc1nc(C(=O)NC[C@@H]2CC[C@H](CC(=O)NC(C)C)N2CC2CC2)cs1. The van der Waals surface area contributed by atoms with Gasteiger partial charge in [0.1, 0.15) is 5.69 Å². The highest BCUT2D eigenvalue weighted by Gasteiger charge is 2.38. The number of hydrogen-bond donors (Lipinski definition) is 2. The van der Waals surface area contributed by atoms with E-state index in [-0.39, 0.29) is 23.9 Å². The summed E-state index contributed by atoms with van der Waals surface area (Å²) >= 11 is 1.56. The van der Waals surface area contributed by atoms with E-state index in [1.54, 1.807) is 11.3 Å². The fraction of sp³-hybridized carbons (Fsp3) is 0.762. The number of nitrogens with zero attached hydrogens (tertiary/aromatic N) is 2. The molecule has 1 aromatic rings. The first kappa shape index (κ1) is 21.2. The predicted octanol–water partition coefficient (Wildman–Crippen LogP) is 2.98. The van der Waals surface area contributed by atoms with Gasteiger partial charge in [-0.1, -0.05) is 6.92 Å². The van der Waals surface area contributed by atoms with E-state index in [1.807, 2.05) is 19.2 Å². The Kier molecular flexibility index (Phi) is 7.46. The smallest absolute Gasteiger partial charge is 0.270 e. The van der Waals surface area contributed by atoms with Crippen molar-refractivity contribution in [1.29, 1.82) is 0 Å². The van der Waals surface area contributed by atoms with Gasteiger partial charge >= 0.3 is 0 Å². The maximum Gasteiger partial charge on any atom is 0.270 e. The van der Waals surface area contributed by atoms with E-state index in [2.05, 4.69) is 27.4 Å². The summed E-state index contributed by atoms with van der Waals surface area (Å²) in [6.07, 6.45) is 7.16. The first-order valence-electron chi connectivity index (χ1n) is 10.7. The fourth-order valence-corrected chi connectivity index (χ4v) is 4.87. The molecule has 1 aliphatic carbocycles. The lowest BCUT2D eigenvalue weighted by molar-refractivity contribution is -0.122. The molecule has 1 saturated carbocycles. The molecule has 0 aromatic carbocycles. The van der Waals surface area contributed by atoms with Crippen LogP contribution >= 0.6 is 11.3 Å². The van der Waals surface area contributed by atoms with Gasteiger partial charge in [0, 0.05) is 43.0 Å². The van der Waals surface area contributed by atoms with Crippen LogP contribution in [-0.4, -0.2) is 52.9 Å². The average molecular weight is 407 g/mol. The molecule has 1 saturated heterocycles. The first-order valence-corrected chi connectivity index (χ1v) is 11.6. The van der Waals surface area contributed by atoms with Crippen LogP contribution in [0.1, 0.15) is 74.8 Å². The third kappa shape index (κ3) is 6.01. The van der Waals surface area contributed by atoms with Gasteiger partial charge in [-0.3, -0.25) is 14.5 Å². The standard InChI is InChI=1S/C21H34N4O2S/c1-4-5-20-24-18(13-28-20)21(27)22-11-17-9-8-16(10-19(26)23-14(2)3)25(17)12-15-6-7-15/h13-17H,4-12H2,1-3H3,(H,22,27)(H,23,26)/t16-,17+/m1/s1. The molecule has 28 heavy (non-hydrogen) atoms. The van der Waals surface area contributed by atoms with E-state index in [9.17, 15) is 9.59 Å². The number of likely N-dealkylation sites (tertiary alicyclic amines) is 1. The van der Waals surface area contributed by atoms with Crippen molar-refractivity contribution in [2.75, 3.05) is 13.1 Å². The highest BCUT2D eigenvalue weighted by Crippen LogP contribution is 2.35. The summed E-state index contributed by atoms with van der Waals surface area (Å²) in [5.41, 5.74) is 0.535. The minimum atomic E-state index is -0.0778. The molecule has 0 radical (unpaired) electrons. The third-order valence-corrected chi connectivity index (χ3v) is 6.46. The Morgan fingerprint density at radius 3 is 2.68 bits per heavy atom. The predicted molar refractivity (Wildman–Crippen MR) is 113 cm³/mol. The van der Waals surface area contributed by atoms with Gasteiger partial charge < -0.3 is 10.6 Å². The molecule has 2 atom stereocenters. The van der Waals surface area contributed by atoms with Gasteiger partial charge in [-0.2, -0.15) is 0 Å². The lowest BCUT2D eigenvalue weighted by Gasteiger charge is -2.30. The van der Waals surface area contributed by atoms with Crippen molar-refractivity contribution in [3.63, 3.8) is 0 Å². The topological polar surface area (TPSA) is 74.3 Å². The van der Waals surface area contributed by atoms with Crippen LogP contribution in [-0.2, 0) is 11.2 Å².